The summed E-state index contributed by atoms with van der Waals surface area (Å²) >= 11 is 1.49. The maximum atomic E-state index is 14.0. The Hall–Kier alpha value is -1.81. The number of rotatable bonds is 5. The van der Waals surface area contributed by atoms with Crippen LogP contribution in [0.25, 0.3) is 0 Å². The van der Waals surface area contributed by atoms with Gasteiger partial charge in [-0.05, 0) is 25.1 Å². The Labute approximate surface area is 122 Å². The van der Waals surface area contributed by atoms with Gasteiger partial charge < -0.3 is 4.74 Å². The van der Waals surface area contributed by atoms with Crippen molar-refractivity contribution in [3.63, 3.8) is 0 Å². The third kappa shape index (κ3) is 3.39. The average Bonchev–Trinajstić information content (AvgIpc) is 2.46. The van der Waals surface area contributed by atoms with Crippen molar-refractivity contribution in [2.24, 2.45) is 0 Å². The number of halogens is 1. The highest BCUT2D eigenvalue weighted by Crippen LogP contribution is 2.28. The summed E-state index contributed by atoms with van der Waals surface area (Å²) in [4.78, 5) is 12.3. The zero-order valence-electron chi connectivity index (χ0n) is 11.4. The Morgan fingerprint density at radius 2 is 2.00 bits per heavy atom. The first-order valence-corrected chi connectivity index (χ1v) is 7.15. The molecule has 2 nitrogen and oxygen atoms in total. The Morgan fingerprint density at radius 3 is 2.70 bits per heavy atom. The standard InChI is InChI=1S/C16H15FO2S/c1-11(18)12-5-3-7-14(9-12)20-10-13-6-4-8-15(19-2)16(13)17/h3-9H,10H2,1-2H3. The van der Waals surface area contributed by atoms with Crippen molar-refractivity contribution in [3.8, 4) is 5.75 Å². The molecule has 0 unspecified atom stereocenters. The minimum absolute atomic E-state index is 0.0278. The molecule has 0 aliphatic heterocycles. The number of ketones is 1. The maximum Gasteiger partial charge on any atom is 0.169 e. The van der Waals surface area contributed by atoms with Crippen molar-refractivity contribution in [2.75, 3.05) is 7.11 Å². The summed E-state index contributed by atoms with van der Waals surface area (Å²) in [6.07, 6.45) is 0. The number of hydrogen-bond acceptors (Lipinski definition) is 3. The molecule has 2 aromatic rings. The van der Waals surface area contributed by atoms with Gasteiger partial charge in [0, 0.05) is 21.8 Å². The van der Waals surface area contributed by atoms with Crippen molar-refractivity contribution in [1.29, 1.82) is 0 Å². The van der Waals surface area contributed by atoms with Crippen LogP contribution in [0.4, 0.5) is 4.39 Å². The largest absolute Gasteiger partial charge is 0.494 e. The monoisotopic (exact) mass is 290 g/mol. The normalized spacial score (nSPS) is 10.3. The Balaban J connectivity index is 2.13. The zero-order valence-corrected chi connectivity index (χ0v) is 12.2. The van der Waals surface area contributed by atoms with Crippen LogP contribution < -0.4 is 4.74 Å². The fraction of sp³-hybridized carbons (Fsp3) is 0.188. The van der Waals surface area contributed by atoms with Gasteiger partial charge in [0.05, 0.1) is 7.11 Å². The van der Waals surface area contributed by atoms with Crippen molar-refractivity contribution < 1.29 is 13.9 Å². The third-order valence-electron chi connectivity index (χ3n) is 2.90. The SMILES string of the molecule is COc1cccc(CSc2cccc(C(C)=O)c2)c1F. The van der Waals surface area contributed by atoms with E-state index in [0.29, 0.717) is 16.9 Å². The molecule has 4 heteroatoms. The number of ether oxygens (including phenoxy) is 1. The molecule has 0 N–H and O–H groups in total. The molecular weight excluding hydrogens is 275 g/mol. The van der Waals surface area contributed by atoms with Crippen LogP contribution in [0, 0.1) is 5.82 Å². The lowest BCUT2D eigenvalue weighted by molar-refractivity contribution is 0.101. The lowest BCUT2D eigenvalue weighted by Crippen LogP contribution is -1.94. The van der Waals surface area contributed by atoms with Gasteiger partial charge in [0.2, 0.25) is 0 Å². The van der Waals surface area contributed by atoms with Crippen LogP contribution in [0.5, 0.6) is 5.75 Å². The fourth-order valence-electron chi connectivity index (χ4n) is 1.79. The van der Waals surface area contributed by atoms with E-state index in [1.165, 1.54) is 25.8 Å². The molecule has 0 atom stereocenters. The van der Waals surface area contributed by atoms with Gasteiger partial charge in [-0.1, -0.05) is 24.3 Å². The van der Waals surface area contributed by atoms with E-state index in [9.17, 15) is 9.18 Å². The van der Waals surface area contributed by atoms with Crippen LogP contribution in [0.1, 0.15) is 22.8 Å². The molecule has 0 aliphatic carbocycles. The third-order valence-corrected chi connectivity index (χ3v) is 3.94. The molecule has 104 valence electrons. The number of carbonyl (C=O) groups is 1. The average molecular weight is 290 g/mol. The topological polar surface area (TPSA) is 26.3 Å². The minimum Gasteiger partial charge on any atom is -0.494 e. The predicted octanol–water partition coefficient (Wildman–Crippen LogP) is 4.33. The smallest absolute Gasteiger partial charge is 0.169 e. The molecule has 0 saturated carbocycles. The summed E-state index contributed by atoms with van der Waals surface area (Å²) in [6, 6.07) is 12.4. The van der Waals surface area contributed by atoms with Gasteiger partial charge >= 0.3 is 0 Å². The van der Waals surface area contributed by atoms with E-state index in [1.54, 1.807) is 24.3 Å². The van der Waals surface area contributed by atoms with Gasteiger partial charge in [-0.3, -0.25) is 4.79 Å². The van der Waals surface area contributed by atoms with E-state index >= 15 is 0 Å². The quantitative estimate of drug-likeness (QED) is 0.605. The molecule has 2 rings (SSSR count). The van der Waals surface area contributed by atoms with Crippen LogP contribution in [0.2, 0.25) is 0 Å². The van der Waals surface area contributed by atoms with Crippen molar-refractivity contribution in [2.45, 2.75) is 17.6 Å². The molecule has 2 aromatic carbocycles. The summed E-state index contributed by atoms with van der Waals surface area (Å²) in [5.41, 5.74) is 1.25. The first kappa shape index (κ1) is 14.6. The molecule has 0 heterocycles. The lowest BCUT2D eigenvalue weighted by atomic mass is 10.2. The van der Waals surface area contributed by atoms with E-state index in [0.717, 1.165) is 4.90 Å². The van der Waals surface area contributed by atoms with Gasteiger partial charge in [0.25, 0.3) is 0 Å². The molecule has 20 heavy (non-hydrogen) atoms. The van der Waals surface area contributed by atoms with E-state index in [-0.39, 0.29) is 17.3 Å². The Bertz CT molecular complexity index is 626. The van der Waals surface area contributed by atoms with E-state index < -0.39 is 0 Å². The molecule has 0 aromatic heterocycles. The number of benzene rings is 2. The van der Waals surface area contributed by atoms with Gasteiger partial charge in [0.15, 0.2) is 17.3 Å². The molecule has 0 spiro atoms. The zero-order chi connectivity index (χ0) is 14.5. The fourth-order valence-corrected chi connectivity index (χ4v) is 2.72. The van der Waals surface area contributed by atoms with Crippen molar-refractivity contribution in [1.82, 2.24) is 0 Å². The summed E-state index contributed by atoms with van der Waals surface area (Å²) in [6.45, 7) is 1.53. The summed E-state index contributed by atoms with van der Waals surface area (Å²) < 4.78 is 19.0. The highest BCUT2D eigenvalue weighted by Gasteiger charge is 2.09. The molecule has 0 saturated heterocycles. The van der Waals surface area contributed by atoms with Crippen LogP contribution in [0.15, 0.2) is 47.4 Å². The van der Waals surface area contributed by atoms with Crippen molar-refractivity contribution in [3.05, 3.63) is 59.4 Å². The van der Waals surface area contributed by atoms with E-state index in [2.05, 4.69) is 0 Å². The molecular formula is C16H15FO2S. The molecule has 0 aliphatic rings. The predicted molar refractivity (Wildman–Crippen MR) is 79.0 cm³/mol. The Kier molecular flexibility index (Phi) is 4.79. The second-order valence-corrected chi connectivity index (χ2v) is 5.35. The number of Topliss-reactive ketones (excluding diaryl/α,β-unsaturated/α-hetero) is 1. The molecule has 0 fully saturated rings. The van der Waals surface area contributed by atoms with E-state index in [4.69, 9.17) is 4.74 Å². The second kappa shape index (κ2) is 6.57. The molecule has 0 radical (unpaired) electrons. The second-order valence-electron chi connectivity index (χ2n) is 4.31. The summed E-state index contributed by atoms with van der Waals surface area (Å²) in [7, 11) is 1.45. The van der Waals surface area contributed by atoms with Crippen molar-refractivity contribution >= 4 is 17.5 Å². The summed E-state index contributed by atoms with van der Waals surface area (Å²) in [5.74, 6) is 0.440. The number of carbonyl (C=O) groups excluding carboxylic acids is 1. The highest BCUT2D eigenvalue weighted by molar-refractivity contribution is 7.98. The number of methoxy groups -OCH3 is 1. The molecule has 0 amide bonds. The Morgan fingerprint density at radius 1 is 1.25 bits per heavy atom. The van der Waals surface area contributed by atoms with Gasteiger partial charge in [0.1, 0.15) is 0 Å². The molecule has 0 bridgehead atoms. The first-order valence-electron chi connectivity index (χ1n) is 6.17. The number of thioether (sulfide) groups is 1. The van der Waals surface area contributed by atoms with Gasteiger partial charge in [-0.2, -0.15) is 0 Å². The lowest BCUT2D eigenvalue weighted by Gasteiger charge is -2.07. The number of hydrogen-bond donors (Lipinski definition) is 0. The van der Waals surface area contributed by atoms with Gasteiger partial charge in [-0.25, -0.2) is 4.39 Å². The van der Waals surface area contributed by atoms with Gasteiger partial charge in [-0.15, -0.1) is 11.8 Å². The van der Waals surface area contributed by atoms with Crippen LogP contribution >= 0.6 is 11.8 Å². The first-order chi connectivity index (χ1) is 9.61. The van der Waals surface area contributed by atoms with Crippen LogP contribution in [-0.4, -0.2) is 12.9 Å². The highest BCUT2D eigenvalue weighted by atomic mass is 32.2. The minimum atomic E-state index is -0.328. The van der Waals surface area contributed by atoms with Crippen LogP contribution in [-0.2, 0) is 5.75 Å². The van der Waals surface area contributed by atoms with Crippen LogP contribution in [0.3, 0.4) is 0 Å². The van der Waals surface area contributed by atoms with E-state index in [1.807, 2.05) is 18.2 Å². The summed E-state index contributed by atoms with van der Waals surface area (Å²) in [5, 5.41) is 0. The maximum absolute atomic E-state index is 14.0.